The Morgan fingerprint density at radius 2 is 1.90 bits per heavy atom. The number of rotatable bonds is 8. The third-order valence-electron chi connectivity index (χ3n) is 4.47. The van der Waals surface area contributed by atoms with Gasteiger partial charge in [-0.05, 0) is 35.9 Å². The molecule has 0 atom stereocenters. The van der Waals surface area contributed by atoms with Gasteiger partial charge < -0.3 is 9.30 Å². The summed E-state index contributed by atoms with van der Waals surface area (Å²) in [6.45, 7) is 5.26. The number of carbonyl (C=O) groups is 1. The number of fused-ring (bicyclic) bond motifs is 1. The Balaban J connectivity index is 1.92. The number of sulfone groups is 1. The Hall–Kier alpha value is -1.94. The molecule has 0 saturated carbocycles. The minimum absolute atomic E-state index is 0.208. The summed E-state index contributed by atoms with van der Waals surface area (Å²) < 4.78 is 31.7. The van der Waals surface area contributed by atoms with E-state index in [9.17, 15) is 13.2 Å². The normalized spacial score (nSPS) is 12.7. The lowest BCUT2D eigenvalue weighted by Crippen LogP contribution is -2.19. The van der Waals surface area contributed by atoms with Crippen molar-refractivity contribution >= 4 is 49.1 Å². The van der Waals surface area contributed by atoms with Crippen LogP contribution >= 0.6 is 23.1 Å². The van der Waals surface area contributed by atoms with Gasteiger partial charge in [0.15, 0.2) is 14.6 Å². The van der Waals surface area contributed by atoms with E-state index in [4.69, 9.17) is 4.74 Å². The number of ether oxygens (including phenoxy) is 1. The van der Waals surface area contributed by atoms with E-state index in [0.717, 1.165) is 15.8 Å². The SMILES string of the molecule is COCCn1c(=NC(=O)Cc2ccc(SC(C)C)cc2)sc2cc(S(C)(=O)=O)ccc21. The molecule has 0 aliphatic rings. The van der Waals surface area contributed by atoms with E-state index in [0.29, 0.717) is 23.2 Å². The zero-order valence-electron chi connectivity index (χ0n) is 18.0. The first-order chi connectivity index (χ1) is 14.7. The van der Waals surface area contributed by atoms with Crippen LogP contribution in [0.3, 0.4) is 0 Å². The standard InChI is InChI=1S/C22H26N2O4S3/c1-15(2)29-17-7-5-16(6-8-17)13-21(25)23-22-24(11-12-28-3)19-10-9-18(31(4,26)27)14-20(19)30-22/h5-10,14-15H,11-13H2,1-4H3. The van der Waals surface area contributed by atoms with Crippen LogP contribution in [-0.2, 0) is 32.3 Å². The van der Waals surface area contributed by atoms with Gasteiger partial charge in [-0.15, -0.1) is 11.8 Å². The topological polar surface area (TPSA) is 77.7 Å². The Kier molecular flexibility index (Phi) is 7.74. The van der Waals surface area contributed by atoms with Gasteiger partial charge in [-0.3, -0.25) is 4.79 Å². The average Bonchev–Trinajstić information content (AvgIpc) is 3.02. The van der Waals surface area contributed by atoms with Crippen LogP contribution < -0.4 is 4.80 Å². The number of carbonyl (C=O) groups excluding carboxylic acids is 1. The zero-order valence-corrected chi connectivity index (χ0v) is 20.4. The van der Waals surface area contributed by atoms with Crippen LogP contribution in [0.25, 0.3) is 10.2 Å². The molecule has 2 aromatic carbocycles. The molecule has 0 radical (unpaired) electrons. The van der Waals surface area contributed by atoms with Crippen LogP contribution in [0.15, 0.2) is 57.2 Å². The minimum Gasteiger partial charge on any atom is -0.383 e. The number of aromatic nitrogens is 1. The van der Waals surface area contributed by atoms with Crippen LogP contribution in [-0.4, -0.2) is 44.1 Å². The molecule has 31 heavy (non-hydrogen) atoms. The van der Waals surface area contributed by atoms with Crippen molar-refractivity contribution < 1.29 is 17.9 Å². The van der Waals surface area contributed by atoms with Gasteiger partial charge in [0.1, 0.15) is 0 Å². The lowest BCUT2D eigenvalue weighted by molar-refractivity contribution is -0.117. The summed E-state index contributed by atoms with van der Waals surface area (Å²) in [6.07, 6.45) is 1.39. The van der Waals surface area contributed by atoms with Crippen molar-refractivity contribution in [3.8, 4) is 0 Å². The second kappa shape index (κ2) is 10.1. The van der Waals surface area contributed by atoms with E-state index >= 15 is 0 Å². The lowest BCUT2D eigenvalue weighted by Gasteiger charge is -2.06. The van der Waals surface area contributed by atoms with Crippen molar-refractivity contribution in [3.63, 3.8) is 0 Å². The van der Waals surface area contributed by atoms with Crippen molar-refractivity contribution in [1.82, 2.24) is 4.57 Å². The number of methoxy groups -OCH3 is 1. The number of thiazole rings is 1. The van der Waals surface area contributed by atoms with Crippen LogP contribution in [0.5, 0.6) is 0 Å². The predicted octanol–water partition coefficient (Wildman–Crippen LogP) is 3.92. The zero-order chi connectivity index (χ0) is 22.6. The quantitative estimate of drug-likeness (QED) is 0.459. The molecule has 166 valence electrons. The van der Waals surface area contributed by atoms with Gasteiger partial charge in [-0.25, -0.2) is 8.42 Å². The van der Waals surface area contributed by atoms with E-state index in [2.05, 4.69) is 18.8 Å². The second-order valence-corrected chi connectivity index (χ2v) is 12.1. The maximum Gasteiger partial charge on any atom is 0.252 e. The van der Waals surface area contributed by atoms with Crippen molar-refractivity contribution in [2.45, 2.75) is 41.9 Å². The first-order valence-corrected chi connectivity index (χ1v) is 13.4. The molecule has 0 bridgehead atoms. The van der Waals surface area contributed by atoms with E-state index in [1.165, 1.54) is 22.5 Å². The van der Waals surface area contributed by atoms with Crippen molar-refractivity contribution in [2.24, 2.45) is 4.99 Å². The summed E-state index contributed by atoms with van der Waals surface area (Å²) >= 11 is 3.08. The molecule has 3 aromatic rings. The van der Waals surface area contributed by atoms with Crippen molar-refractivity contribution in [2.75, 3.05) is 20.0 Å². The van der Waals surface area contributed by atoms with Gasteiger partial charge in [0.25, 0.3) is 5.91 Å². The number of benzene rings is 2. The van der Waals surface area contributed by atoms with E-state index in [1.807, 2.05) is 28.8 Å². The molecule has 0 spiro atoms. The van der Waals surface area contributed by atoms with Gasteiger partial charge in [0.05, 0.1) is 28.1 Å². The third kappa shape index (κ3) is 6.29. The third-order valence-corrected chi connectivity index (χ3v) is 7.64. The maximum atomic E-state index is 12.7. The molecular weight excluding hydrogens is 452 g/mol. The number of amides is 1. The monoisotopic (exact) mass is 478 g/mol. The summed E-state index contributed by atoms with van der Waals surface area (Å²) in [5.41, 5.74) is 1.74. The average molecular weight is 479 g/mol. The molecule has 9 heteroatoms. The highest BCUT2D eigenvalue weighted by molar-refractivity contribution is 7.99. The fourth-order valence-corrected chi connectivity index (χ4v) is 5.72. The maximum absolute atomic E-state index is 12.7. The van der Waals surface area contributed by atoms with E-state index < -0.39 is 9.84 Å². The molecule has 0 aliphatic heterocycles. The fraction of sp³-hybridized carbons (Fsp3) is 0.364. The van der Waals surface area contributed by atoms with E-state index in [-0.39, 0.29) is 17.2 Å². The Morgan fingerprint density at radius 3 is 2.52 bits per heavy atom. The lowest BCUT2D eigenvalue weighted by atomic mass is 10.1. The van der Waals surface area contributed by atoms with Gasteiger partial charge >= 0.3 is 0 Å². The van der Waals surface area contributed by atoms with Gasteiger partial charge in [-0.1, -0.05) is 37.3 Å². The van der Waals surface area contributed by atoms with Crippen LogP contribution in [0, 0.1) is 0 Å². The highest BCUT2D eigenvalue weighted by Gasteiger charge is 2.13. The van der Waals surface area contributed by atoms with Crippen molar-refractivity contribution in [3.05, 3.63) is 52.8 Å². The van der Waals surface area contributed by atoms with Crippen LogP contribution in [0.4, 0.5) is 0 Å². The highest BCUT2D eigenvalue weighted by Crippen LogP contribution is 2.24. The summed E-state index contributed by atoms with van der Waals surface area (Å²) in [4.78, 5) is 19.0. The number of hydrogen-bond donors (Lipinski definition) is 0. The molecule has 0 fully saturated rings. The van der Waals surface area contributed by atoms with Gasteiger partial charge in [-0.2, -0.15) is 4.99 Å². The smallest absolute Gasteiger partial charge is 0.252 e. The first-order valence-electron chi connectivity index (χ1n) is 9.83. The molecular formula is C22H26N2O4S3. The summed E-state index contributed by atoms with van der Waals surface area (Å²) in [5.74, 6) is -0.245. The Bertz CT molecular complexity index is 1240. The van der Waals surface area contributed by atoms with E-state index in [1.54, 1.807) is 37.1 Å². The summed E-state index contributed by atoms with van der Waals surface area (Å²) in [6, 6.07) is 12.9. The second-order valence-electron chi connectivity index (χ2n) is 7.42. The molecule has 6 nitrogen and oxygen atoms in total. The molecule has 0 saturated heterocycles. The molecule has 0 N–H and O–H groups in total. The minimum atomic E-state index is -3.32. The number of nitrogens with zero attached hydrogens (tertiary/aromatic N) is 2. The first kappa shape index (κ1) is 23.7. The summed E-state index contributed by atoms with van der Waals surface area (Å²) in [7, 11) is -1.71. The number of thioether (sulfide) groups is 1. The largest absolute Gasteiger partial charge is 0.383 e. The fourth-order valence-electron chi connectivity index (χ4n) is 3.05. The number of hydrogen-bond acceptors (Lipinski definition) is 6. The summed E-state index contributed by atoms with van der Waals surface area (Å²) in [5, 5.41) is 0.501. The highest BCUT2D eigenvalue weighted by atomic mass is 32.2. The molecule has 0 unspecified atom stereocenters. The van der Waals surface area contributed by atoms with Gasteiger partial charge in [0.2, 0.25) is 0 Å². The van der Waals surface area contributed by atoms with Gasteiger partial charge in [0, 0.05) is 30.1 Å². The molecule has 1 aromatic heterocycles. The molecule has 1 heterocycles. The predicted molar refractivity (Wildman–Crippen MR) is 127 cm³/mol. The Morgan fingerprint density at radius 1 is 1.19 bits per heavy atom. The van der Waals surface area contributed by atoms with Crippen LogP contribution in [0.1, 0.15) is 19.4 Å². The Labute approximate surface area is 190 Å². The molecule has 1 amide bonds. The van der Waals surface area contributed by atoms with Crippen LogP contribution in [0.2, 0.25) is 0 Å². The molecule has 3 rings (SSSR count). The molecule has 0 aliphatic carbocycles. The van der Waals surface area contributed by atoms with Crippen molar-refractivity contribution in [1.29, 1.82) is 0 Å².